The van der Waals surface area contributed by atoms with Gasteiger partial charge < -0.3 is 14.8 Å². The van der Waals surface area contributed by atoms with Crippen LogP contribution in [-0.4, -0.2) is 25.9 Å². The fraction of sp³-hybridized carbons (Fsp3) is 0.647. The number of hydrogen-bond acceptors (Lipinski definition) is 3. The summed E-state index contributed by atoms with van der Waals surface area (Å²) in [4.78, 5) is 0. The molecule has 1 aromatic carbocycles. The molecule has 0 aromatic heterocycles. The van der Waals surface area contributed by atoms with Gasteiger partial charge in [-0.3, -0.25) is 0 Å². The van der Waals surface area contributed by atoms with Crippen LogP contribution in [-0.2, 0) is 11.3 Å². The monoisotopic (exact) mass is 347 g/mol. The van der Waals surface area contributed by atoms with Crippen molar-refractivity contribution >= 4 is 23.2 Å². The molecule has 0 saturated heterocycles. The van der Waals surface area contributed by atoms with Gasteiger partial charge in [0.2, 0.25) is 0 Å². The van der Waals surface area contributed by atoms with Crippen molar-refractivity contribution in [3.63, 3.8) is 0 Å². The van der Waals surface area contributed by atoms with Crippen molar-refractivity contribution in [2.75, 3.05) is 19.8 Å². The van der Waals surface area contributed by atoms with Gasteiger partial charge in [-0.1, -0.05) is 36.5 Å². The van der Waals surface area contributed by atoms with Gasteiger partial charge in [-0.25, -0.2) is 0 Å². The van der Waals surface area contributed by atoms with Crippen LogP contribution in [0, 0.1) is 0 Å². The van der Waals surface area contributed by atoms with Crippen molar-refractivity contribution in [2.24, 2.45) is 0 Å². The highest BCUT2D eigenvalue weighted by Crippen LogP contribution is 2.33. The summed E-state index contributed by atoms with van der Waals surface area (Å²) in [6.45, 7) is 9.34. The molecule has 0 atom stereocenters. The quantitative estimate of drug-likeness (QED) is 0.566. The molecule has 0 aliphatic carbocycles. The van der Waals surface area contributed by atoms with Gasteiger partial charge in [0.05, 0.1) is 11.1 Å². The molecular formula is C17H27Cl2NO2. The van der Waals surface area contributed by atoms with Crippen LogP contribution in [0.1, 0.15) is 45.6 Å². The van der Waals surface area contributed by atoms with E-state index in [1.807, 2.05) is 19.9 Å². The lowest BCUT2D eigenvalue weighted by molar-refractivity contribution is 0.128. The third kappa shape index (κ3) is 7.68. The van der Waals surface area contributed by atoms with Crippen LogP contribution in [0.2, 0.25) is 10.0 Å². The third-order valence-electron chi connectivity index (χ3n) is 3.04. The van der Waals surface area contributed by atoms with Gasteiger partial charge in [0.1, 0.15) is 5.75 Å². The summed E-state index contributed by atoms with van der Waals surface area (Å²) in [5.41, 5.74) is 0.984. The average Bonchev–Trinajstić information content (AvgIpc) is 2.45. The maximum Gasteiger partial charge on any atom is 0.142 e. The first-order valence-corrected chi connectivity index (χ1v) is 8.73. The standard InChI is InChI=1S/C17H27Cl2NO2/c1-4-5-8-21-9-6-7-20-12-14-10-15(18)11-16(19)17(14)22-13(2)3/h10-11,13,20H,4-9,12H2,1-3H3. The lowest BCUT2D eigenvalue weighted by atomic mass is 10.2. The van der Waals surface area contributed by atoms with Crippen molar-refractivity contribution in [1.82, 2.24) is 5.32 Å². The lowest BCUT2D eigenvalue weighted by Crippen LogP contribution is -2.18. The molecule has 0 radical (unpaired) electrons. The van der Waals surface area contributed by atoms with E-state index in [1.54, 1.807) is 6.07 Å². The van der Waals surface area contributed by atoms with Gasteiger partial charge in [0, 0.05) is 30.3 Å². The molecule has 0 amide bonds. The van der Waals surface area contributed by atoms with Gasteiger partial charge in [-0.2, -0.15) is 0 Å². The molecule has 126 valence electrons. The second-order valence-corrected chi connectivity index (χ2v) is 6.38. The Balaban J connectivity index is 2.41. The fourth-order valence-electron chi connectivity index (χ4n) is 1.98. The predicted molar refractivity (Wildman–Crippen MR) is 94.3 cm³/mol. The first kappa shape index (κ1) is 19.6. The molecular weight excluding hydrogens is 321 g/mol. The zero-order valence-electron chi connectivity index (χ0n) is 13.8. The van der Waals surface area contributed by atoms with Gasteiger partial charge in [0.25, 0.3) is 0 Å². The van der Waals surface area contributed by atoms with Gasteiger partial charge in [-0.05, 0) is 45.4 Å². The normalized spacial score (nSPS) is 11.2. The summed E-state index contributed by atoms with van der Waals surface area (Å²) in [7, 11) is 0. The number of rotatable bonds is 11. The van der Waals surface area contributed by atoms with E-state index >= 15 is 0 Å². The summed E-state index contributed by atoms with van der Waals surface area (Å²) >= 11 is 12.3. The Kier molecular flexibility index (Phi) is 9.89. The van der Waals surface area contributed by atoms with Crippen LogP contribution in [0.15, 0.2) is 12.1 Å². The molecule has 0 unspecified atom stereocenters. The average molecular weight is 348 g/mol. The van der Waals surface area contributed by atoms with E-state index in [-0.39, 0.29) is 6.10 Å². The topological polar surface area (TPSA) is 30.5 Å². The highest BCUT2D eigenvalue weighted by atomic mass is 35.5. The molecule has 0 spiro atoms. The maximum absolute atomic E-state index is 6.23. The van der Waals surface area contributed by atoms with Crippen molar-refractivity contribution in [2.45, 2.75) is 52.7 Å². The van der Waals surface area contributed by atoms with E-state index in [2.05, 4.69) is 12.2 Å². The Morgan fingerprint density at radius 2 is 1.86 bits per heavy atom. The van der Waals surface area contributed by atoms with Gasteiger partial charge in [0.15, 0.2) is 0 Å². The van der Waals surface area contributed by atoms with Crippen molar-refractivity contribution < 1.29 is 9.47 Å². The molecule has 0 saturated carbocycles. The zero-order chi connectivity index (χ0) is 16.4. The minimum Gasteiger partial charge on any atom is -0.489 e. The Morgan fingerprint density at radius 1 is 1.14 bits per heavy atom. The number of unbranched alkanes of at least 4 members (excludes halogenated alkanes) is 1. The summed E-state index contributed by atoms with van der Waals surface area (Å²) in [6.07, 6.45) is 3.36. The zero-order valence-corrected chi connectivity index (χ0v) is 15.3. The molecule has 1 aromatic rings. The van der Waals surface area contributed by atoms with E-state index < -0.39 is 0 Å². The molecule has 1 rings (SSSR count). The Bertz CT molecular complexity index is 439. The number of halogens is 2. The van der Waals surface area contributed by atoms with Crippen molar-refractivity contribution in [1.29, 1.82) is 0 Å². The molecule has 3 nitrogen and oxygen atoms in total. The van der Waals surface area contributed by atoms with Gasteiger partial charge in [-0.15, -0.1) is 0 Å². The molecule has 0 heterocycles. The van der Waals surface area contributed by atoms with Crippen LogP contribution in [0.5, 0.6) is 5.75 Å². The molecule has 0 aliphatic rings. The number of nitrogens with one attached hydrogen (secondary N) is 1. The molecule has 22 heavy (non-hydrogen) atoms. The second kappa shape index (κ2) is 11.1. The van der Waals surface area contributed by atoms with Crippen LogP contribution < -0.4 is 10.1 Å². The van der Waals surface area contributed by atoms with Crippen LogP contribution in [0.4, 0.5) is 0 Å². The first-order valence-electron chi connectivity index (χ1n) is 7.97. The molecule has 0 fully saturated rings. The lowest BCUT2D eigenvalue weighted by Gasteiger charge is -2.17. The smallest absolute Gasteiger partial charge is 0.142 e. The minimum absolute atomic E-state index is 0.0735. The highest BCUT2D eigenvalue weighted by Gasteiger charge is 2.12. The van der Waals surface area contributed by atoms with E-state index in [9.17, 15) is 0 Å². The first-order chi connectivity index (χ1) is 10.5. The van der Waals surface area contributed by atoms with E-state index in [1.165, 1.54) is 6.42 Å². The predicted octanol–water partition coefficient (Wildman–Crippen LogP) is 5.08. The Morgan fingerprint density at radius 3 is 2.55 bits per heavy atom. The number of hydrogen-bond donors (Lipinski definition) is 1. The van der Waals surface area contributed by atoms with Crippen molar-refractivity contribution in [3.05, 3.63) is 27.7 Å². The molecule has 0 bridgehead atoms. The summed E-state index contributed by atoms with van der Waals surface area (Å²) < 4.78 is 11.3. The Labute approximate surface area is 144 Å². The fourth-order valence-corrected chi connectivity index (χ4v) is 2.56. The SMILES string of the molecule is CCCCOCCCNCc1cc(Cl)cc(Cl)c1OC(C)C. The second-order valence-electron chi connectivity index (χ2n) is 5.54. The highest BCUT2D eigenvalue weighted by molar-refractivity contribution is 6.35. The van der Waals surface area contributed by atoms with Crippen LogP contribution >= 0.6 is 23.2 Å². The van der Waals surface area contributed by atoms with Crippen LogP contribution in [0.25, 0.3) is 0 Å². The van der Waals surface area contributed by atoms with E-state index in [4.69, 9.17) is 32.7 Å². The molecule has 5 heteroatoms. The molecule has 1 N–H and O–H groups in total. The van der Waals surface area contributed by atoms with E-state index in [0.717, 1.165) is 38.2 Å². The molecule has 0 aliphatic heterocycles. The summed E-state index contributed by atoms with van der Waals surface area (Å²) in [5.74, 6) is 0.716. The van der Waals surface area contributed by atoms with Crippen molar-refractivity contribution in [3.8, 4) is 5.75 Å². The summed E-state index contributed by atoms with van der Waals surface area (Å²) in [5, 5.41) is 4.57. The number of ether oxygens (including phenoxy) is 2. The van der Waals surface area contributed by atoms with Crippen LogP contribution in [0.3, 0.4) is 0 Å². The van der Waals surface area contributed by atoms with E-state index in [0.29, 0.717) is 22.3 Å². The van der Waals surface area contributed by atoms with Gasteiger partial charge >= 0.3 is 0 Å². The third-order valence-corrected chi connectivity index (χ3v) is 3.54. The Hall–Kier alpha value is -0.480. The maximum atomic E-state index is 6.23. The largest absolute Gasteiger partial charge is 0.489 e. The number of benzene rings is 1. The minimum atomic E-state index is 0.0735. The summed E-state index contributed by atoms with van der Waals surface area (Å²) in [6, 6.07) is 3.61.